The molecule has 0 aliphatic carbocycles. The Hall–Kier alpha value is -0.770. The van der Waals surface area contributed by atoms with Gasteiger partial charge in [-0.3, -0.25) is 0 Å². The van der Waals surface area contributed by atoms with Gasteiger partial charge in [-0.05, 0) is 33.6 Å². The maximum atomic E-state index is 11.8. The summed E-state index contributed by atoms with van der Waals surface area (Å²) in [5.41, 5.74) is -0.400. The number of carbonyl (C=O) groups is 1. The number of hydrogen-bond donors (Lipinski definition) is 1. The van der Waals surface area contributed by atoms with Crippen LogP contribution in [0, 0.1) is 0 Å². The minimum atomic E-state index is -0.400. The fraction of sp³-hybridized carbons (Fsp3) is 0.933. The molecule has 0 saturated carbocycles. The minimum absolute atomic E-state index is 0.188. The predicted octanol–water partition coefficient (Wildman–Crippen LogP) is 3.16. The molecule has 1 unspecified atom stereocenters. The summed E-state index contributed by atoms with van der Waals surface area (Å²) in [7, 11) is 0. The fourth-order valence-corrected chi connectivity index (χ4v) is 2.25. The van der Waals surface area contributed by atoms with Crippen LogP contribution in [0.15, 0.2) is 0 Å². The number of unbranched alkanes of at least 4 members (excludes halogenated alkanes) is 1. The summed E-state index contributed by atoms with van der Waals surface area (Å²) in [4.78, 5) is 13.6. The van der Waals surface area contributed by atoms with E-state index in [9.17, 15) is 4.79 Å². The van der Waals surface area contributed by atoms with Gasteiger partial charge in [-0.1, -0.05) is 26.7 Å². The van der Waals surface area contributed by atoms with Crippen LogP contribution in [0.3, 0.4) is 0 Å². The molecule has 4 nitrogen and oxygen atoms in total. The molecule has 1 heterocycles. The number of ether oxygens (including phenoxy) is 1. The highest BCUT2D eigenvalue weighted by atomic mass is 16.6. The molecule has 0 radical (unpaired) electrons. The number of amides is 1. The molecule has 1 saturated heterocycles. The van der Waals surface area contributed by atoms with Gasteiger partial charge < -0.3 is 15.0 Å². The van der Waals surface area contributed by atoms with Crippen LogP contribution in [0.2, 0.25) is 0 Å². The zero-order chi connectivity index (χ0) is 14.5. The Kier molecular flexibility index (Phi) is 6.11. The maximum Gasteiger partial charge on any atom is 0.410 e. The van der Waals surface area contributed by atoms with E-state index < -0.39 is 5.60 Å². The van der Waals surface area contributed by atoms with Gasteiger partial charge in [-0.15, -0.1) is 0 Å². The molecule has 0 aromatic heterocycles. The highest BCUT2D eigenvalue weighted by Gasteiger charge is 2.34. The van der Waals surface area contributed by atoms with E-state index in [1.807, 2.05) is 20.8 Å². The summed E-state index contributed by atoms with van der Waals surface area (Å²) >= 11 is 0. The van der Waals surface area contributed by atoms with Crippen molar-refractivity contribution < 1.29 is 9.53 Å². The van der Waals surface area contributed by atoms with Gasteiger partial charge in [0.1, 0.15) is 5.60 Å². The lowest BCUT2D eigenvalue weighted by atomic mass is 10.0. The third-order valence-electron chi connectivity index (χ3n) is 3.40. The minimum Gasteiger partial charge on any atom is -0.444 e. The standard InChI is InChI=1S/C15H30N2O2/c1-6-8-9-12(7-2)16-13-10-17(11-13)14(18)19-15(3,4)5/h12-13,16H,6-11H2,1-5H3. The average molecular weight is 270 g/mol. The normalized spacial score (nSPS) is 18.1. The van der Waals surface area contributed by atoms with Crippen LogP contribution >= 0.6 is 0 Å². The Morgan fingerprint density at radius 2 is 2.00 bits per heavy atom. The topological polar surface area (TPSA) is 41.6 Å². The van der Waals surface area contributed by atoms with Crippen LogP contribution in [0.5, 0.6) is 0 Å². The van der Waals surface area contributed by atoms with Gasteiger partial charge in [0.2, 0.25) is 0 Å². The summed E-state index contributed by atoms with van der Waals surface area (Å²) < 4.78 is 5.35. The smallest absolute Gasteiger partial charge is 0.410 e. The van der Waals surface area contributed by atoms with Crippen molar-refractivity contribution in [3.8, 4) is 0 Å². The Labute approximate surface area is 117 Å². The van der Waals surface area contributed by atoms with Crippen LogP contribution in [0.25, 0.3) is 0 Å². The molecule has 0 aromatic rings. The average Bonchev–Trinajstić information content (AvgIpc) is 2.24. The molecule has 112 valence electrons. The van der Waals surface area contributed by atoms with Gasteiger partial charge in [-0.2, -0.15) is 0 Å². The van der Waals surface area contributed by atoms with E-state index in [1.165, 1.54) is 19.3 Å². The van der Waals surface area contributed by atoms with E-state index in [2.05, 4.69) is 19.2 Å². The lowest BCUT2D eigenvalue weighted by Crippen LogP contribution is -2.62. The number of rotatable bonds is 6. The first-order valence-electron chi connectivity index (χ1n) is 7.59. The fourth-order valence-electron chi connectivity index (χ4n) is 2.25. The van der Waals surface area contributed by atoms with Crippen molar-refractivity contribution in [2.75, 3.05) is 13.1 Å². The van der Waals surface area contributed by atoms with Gasteiger partial charge in [0.15, 0.2) is 0 Å². The van der Waals surface area contributed by atoms with E-state index in [0.717, 1.165) is 19.5 Å². The summed E-state index contributed by atoms with van der Waals surface area (Å²) in [5, 5.41) is 3.64. The molecule has 0 bridgehead atoms. The zero-order valence-corrected chi connectivity index (χ0v) is 13.2. The van der Waals surface area contributed by atoms with Crippen LogP contribution in [0.1, 0.15) is 60.3 Å². The van der Waals surface area contributed by atoms with Crippen molar-refractivity contribution in [1.82, 2.24) is 10.2 Å². The van der Waals surface area contributed by atoms with Crippen molar-refractivity contribution >= 4 is 6.09 Å². The lowest BCUT2D eigenvalue weighted by Gasteiger charge is -2.41. The first-order valence-corrected chi connectivity index (χ1v) is 7.59. The van der Waals surface area contributed by atoms with Gasteiger partial charge in [0.05, 0.1) is 0 Å². The molecule has 1 rings (SSSR count). The van der Waals surface area contributed by atoms with Crippen molar-refractivity contribution in [1.29, 1.82) is 0 Å². The molecule has 1 amide bonds. The first kappa shape index (κ1) is 16.3. The van der Waals surface area contributed by atoms with Gasteiger partial charge >= 0.3 is 6.09 Å². The second-order valence-corrected chi connectivity index (χ2v) is 6.50. The van der Waals surface area contributed by atoms with Crippen molar-refractivity contribution in [3.05, 3.63) is 0 Å². The number of nitrogens with one attached hydrogen (secondary N) is 1. The molecule has 1 fully saturated rings. The molecule has 0 aromatic carbocycles. The zero-order valence-electron chi connectivity index (χ0n) is 13.2. The van der Waals surface area contributed by atoms with Crippen molar-refractivity contribution in [2.45, 2.75) is 78.0 Å². The van der Waals surface area contributed by atoms with Crippen molar-refractivity contribution in [2.24, 2.45) is 0 Å². The lowest BCUT2D eigenvalue weighted by molar-refractivity contribution is 0.00397. The molecule has 1 N–H and O–H groups in total. The quantitative estimate of drug-likeness (QED) is 0.806. The second-order valence-electron chi connectivity index (χ2n) is 6.50. The van der Waals surface area contributed by atoms with Crippen LogP contribution in [-0.2, 0) is 4.74 Å². The van der Waals surface area contributed by atoms with Crippen LogP contribution in [-0.4, -0.2) is 41.8 Å². The molecule has 1 aliphatic heterocycles. The Morgan fingerprint density at radius 1 is 1.37 bits per heavy atom. The third kappa shape index (κ3) is 5.81. The first-order chi connectivity index (χ1) is 8.85. The van der Waals surface area contributed by atoms with E-state index in [1.54, 1.807) is 4.90 Å². The predicted molar refractivity (Wildman–Crippen MR) is 78.3 cm³/mol. The molecular formula is C15H30N2O2. The highest BCUT2D eigenvalue weighted by molar-refractivity contribution is 5.69. The van der Waals surface area contributed by atoms with Gasteiger partial charge in [0.25, 0.3) is 0 Å². The second kappa shape index (κ2) is 7.13. The van der Waals surface area contributed by atoms with E-state index in [4.69, 9.17) is 4.74 Å². The van der Waals surface area contributed by atoms with Gasteiger partial charge in [-0.25, -0.2) is 4.79 Å². The number of nitrogens with zero attached hydrogens (tertiary/aromatic N) is 1. The monoisotopic (exact) mass is 270 g/mol. The molecule has 4 heteroatoms. The summed E-state index contributed by atoms with van der Waals surface area (Å²) in [5.74, 6) is 0. The SMILES string of the molecule is CCCCC(CC)NC1CN(C(=O)OC(C)(C)C)C1. The third-order valence-corrected chi connectivity index (χ3v) is 3.40. The molecular weight excluding hydrogens is 240 g/mol. The van der Waals surface area contributed by atoms with Gasteiger partial charge in [0, 0.05) is 25.2 Å². The van der Waals surface area contributed by atoms with E-state index >= 15 is 0 Å². The molecule has 1 aliphatic rings. The van der Waals surface area contributed by atoms with Crippen LogP contribution in [0.4, 0.5) is 4.79 Å². The number of hydrogen-bond acceptors (Lipinski definition) is 3. The Balaban J connectivity index is 2.23. The summed E-state index contributed by atoms with van der Waals surface area (Å²) in [6, 6.07) is 1.03. The Morgan fingerprint density at radius 3 is 2.47 bits per heavy atom. The van der Waals surface area contributed by atoms with Crippen LogP contribution < -0.4 is 5.32 Å². The number of likely N-dealkylation sites (tertiary alicyclic amines) is 1. The van der Waals surface area contributed by atoms with E-state index in [0.29, 0.717) is 12.1 Å². The molecule has 19 heavy (non-hydrogen) atoms. The molecule has 0 spiro atoms. The summed E-state index contributed by atoms with van der Waals surface area (Å²) in [6.45, 7) is 11.7. The van der Waals surface area contributed by atoms with E-state index in [-0.39, 0.29) is 6.09 Å². The largest absolute Gasteiger partial charge is 0.444 e. The van der Waals surface area contributed by atoms with Crippen molar-refractivity contribution in [3.63, 3.8) is 0 Å². The summed E-state index contributed by atoms with van der Waals surface area (Å²) in [6.07, 6.45) is 4.71. The highest BCUT2D eigenvalue weighted by Crippen LogP contribution is 2.16. The maximum absolute atomic E-state index is 11.8. The Bertz CT molecular complexity index is 280. The molecule has 1 atom stereocenters. The number of carbonyl (C=O) groups excluding carboxylic acids is 1.